The van der Waals surface area contributed by atoms with Crippen molar-refractivity contribution in [2.24, 2.45) is 13.0 Å². The van der Waals surface area contributed by atoms with E-state index in [2.05, 4.69) is 9.72 Å². The van der Waals surface area contributed by atoms with Gasteiger partial charge in [0.25, 0.3) is 6.10 Å². The number of imidazole rings is 1. The van der Waals surface area contributed by atoms with Crippen LogP contribution < -0.4 is 0 Å². The van der Waals surface area contributed by atoms with Gasteiger partial charge in [-0.3, -0.25) is 4.79 Å². The number of piperidine rings is 1. The molecule has 2 atom stereocenters. The van der Waals surface area contributed by atoms with E-state index in [9.17, 15) is 22.8 Å². The van der Waals surface area contributed by atoms with E-state index >= 15 is 0 Å². The van der Waals surface area contributed by atoms with E-state index in [0.29, 0.717) is 19.4 Å². The van der Waals surface area contributed by atoms with E-state index in [0.717, 1.165) is 4.57 Å². The zero-order valence-electron chi connectivity index (χ0n) is 13.2. The number of halogens is 3. The summed E-state index contributed by atoms with van der Waals surface area (Å²) in [6.45, 7) is 0.356. The average molecular weight is 349 g/mol. The van der Waals surface area contributed by atoms with Crippen LogP contribution in [0.3, 0.4) is 0 Å². The lowest BCUT2D eigenvalue weighted by atomic mass is 9.98. The first-order valence-corrected chi connectivity index (χ1v) is 7.31. The maximum Gasteiger partial charge on any atom is 0.432 e. The molecule has 0 radical (unpaired) electrons. The van der Waals surface area contributed by atoms with E-state index < -0.39 is 36.1 Å². The molecule has 1 aromatic rings. The Morgan fingerprint density at radius 2 is 2.12 bits per heavy atom. The number of methoxy groups -OCH3 is 1. The Kier molecular flexibility index (Phi) is 5.35. The Morgan fingerprint density at radius 3 is 2.67 bits per heavy atom. The third-order valence-electron chi connectivity index (χ3n) is 3.81. The number of nitrogens with zero attached hydrogens (tertiary/aromatic N) is 3. The van der Waals surface area contributed by atoms with Crippen molar-refractivity contribution in [1.82, 2.24) is 14.5 Å². The lowest BCUT2D eigenvalue weighted by Gasteiger charge is -2.31. The molecule has 10 heteroatoms. The van der Waals surface area contributed by atoms with Gasteiger partial charge >= 0.3 is 18.2 Å². The van der Waals surface area contributed by atoms with Crippen molar-refractivity contribution in [3.63, 3.8) is 0 Å². The van der Waals surface area contributed by atoms with Gasteiger partial charge in [-0.2, -0.15) is 13.2 Å². The van der Waals surface area contributed by atoms with Gasteiger partial charge in [-0.1, -0.05) is 0 Å². The summed E-state index contributed by atoms with van der Waals surface area (Å²) in [6, 6.07) is 0. The number of alkyl halides is 3. The van der Waals surface area contributed by atoms with Crippen molar-refractivity contribution in [1.29, 1.82) is 0 Å². The van der Waals surface area contributed by atoms with E-state index in [1.54, 1.807) is 0 Å². The van der Waals surface area contributed by atoms with Gasteiger partial charge in [0.05, 0.1) is 13.0 Å². The summed E-state index contributed by atoms with van der Waals surface area (Å²) in [4.78, 5) is 28.6. The van der Waals surface area contributed by atoms with Gasteiger partial charge in [0.1, 0.15) is 0 Å². The second kappa shape index (κ2) is 7.10. The van der Waals surface area contributed by atoms with Crippen LogP contribution in [0.1, 0.15) is 24.8 Å². The monoisotopic (exact) mass is 349 g/mol. The Balaban J connectivity index is 2.11. The number of likely N-dealkylation sites (tertiary alicyclic amines) is 1. The Bertz CT molecular complexity index is 602. The van der Waals surface area contributed by atoms with E-state index in [1.165, 1.54) is 31.5 Å². The summed E-state index contributed by atoms with van der Waals surface area (Å²) in [5.41, 5.74) is 0. The number of rotatable bonds is 3. The van der Waals surface area contributed by atoms with Crippen LogP contribution in [0.15, 0.2) is 12.4 Å². The molecule has 1 aliphatic rings. The molecule has 0 aromatic carbocycles. The maximum absolute atomic E-state index is 13.2. The van der Waals surface area contributed by atoms with E-state index in [4.69, 9.17) is 4.74 Å². The fourth-order valence-corrected chi connectivity index (χ4v) is 2.57. The summed E-state index contributed by atoms with van der Waals surface area (Å²) in [5, 5.41) is 0. The number of amides is 1. The third kappa shape index (κ3) is 3.98. The van der Waals surface area contributed by atoms with Gasteiger partial charge < -0.3 is 18.9 Å². The minimum absolute atomic E-state index is 0.0311. The number of esters is 1. The SMILES string of the molecule is COC(=O)N1CCC[C@@H](C(=O)O[C@H](c2nccn2C)C(F)(F)F)C1. The van der Waals surface area contributed by atoms with Crippen LogP contribution >= 0.6 is 0 Å². The highest BCUT2D eigenvalue weighted by Crippen LogP contribution is 2.36. The average Bonchev–Trinajstić information content (AvgIpc) is 2.96. The summed E-state index contributed by atoms with van der Waals surface area (Å²) in [7, 11) is 2.58. The van der Waals surface area contributed by atoms with Crippen LogP contribution in [0.5, 0.6) is 0 Å². The van der Waals surface area contributed by atoms with Gasteiger partial charge in [0.2, 0.25) is 0 Å². The number of carbonyl (C=O) groups is 2. The Hall–Kier alpha value is -2.26. The molecule has 1 aliphatic heterocycles. The van der Waals surface area contributed by atoms with Crippen molar-refractivity contribution in [3.05, 3.63) is 18.2 Å². The first-order valence-electron chi connectivity index (χ1n) is 7.31. The topological polar surface area (TPSA) is 73.7 Å². The minimum Gasteiger partial charge on any atom is -0.453 e. The highest BCUT2D eigenvalue weighted by atomic mass is 19.4. The summed E-state index contributed by atoms with van der Waals surface area (Å²) in [6.07, 6.45) is -4.50. The fourth-order valence-electron chi connectivity index (χ4n) is 2.57. The number of carbonyl (C=O) groups excluding carboxylic acids is 2. The highest BCUT2D eigenvalue weighted by molar-refractivity contribution is 5.75. The molecule has 0 unspecified atom stereocenters. The van der Waals surface area contributed by atoms with Gasteiger partial charge in [-0.05, 0) is 12.8 Å². The van der Waals surface area contributed by atoms with Crippen LogP contribution in [-0.4, -0.2) is 52.9 Å². The van der Waals surface area contributed by atoms with Crippen LogP contribution in [0.4, 0.5) is 18.0 Å². The molecule has 0 N–H and O–H groups in total. The third-order valence-corrected chi connectivity index (χ3v) is 3.81. The first-order chi connectivity index (χ1) is 11.2. The maximum atomic E-state index is 13.2. The molecule has 1 amide bonds. The number of ether oxygens (including phenoxy) is 2. The molecule has 0 spiro atoms. The van der Waals surface area contributed by atoms with E-state index in [-0.39, 0.29) is 6.54 Å². The number of hydrogen-bond donors (Lipinski definition) is 0. The van der Waals surface area contributed by atoms with Crippen LogP contribution in [0.25, 0.3) is 0 Å². The van der Waals surface area contributed by atoms with Gasteiger partial charge in [-0.25, -0.2) is 9.78 Å². The van der Waals surface area contributed by atoms with Crippen molar-refractivity contribution in [3.8, 4) is 0 Å². The molecule has 1 saturated heterocycles. The Morgan fingerprint density at radius 1 is 1.42 bits per heavy atom. The molecule has 0 saturated carbocycles. The zero-order chi connectivity index (χ0) is 17.9. The van der Waals surface area contributed by atoms with Crippen LogP contribution in [0.2, 0.25) is 0 Å². The highest BCUT2D eigenvalue weighted by Gasteiger charge is 2.47. The number of aromatic nitrogens is 2. The number of hydrogen-bond acceptors (Lipinski definition) is 5. The van der Waals surface area contributed by atoms with Gasteiger partial charge in [-0.15, -0.1) is 0 Å². The second-order valence-electron chi connectivity index (χ2n) is 5.51. The molecule has 134 valence electrons. The molecule has 24 heavy (non-hydrogen) atoms. The van der Waals surface area contributed by atoms with Crippen LogP contribution in [0, 0.1) is 5.92 Å². The van der Waals surface area contributed by atoms with Crippen LogP contribution in [-0.2, 0) is 21.3 Å². The molecule has 1 aromatic heterocycles. The molecule has 0 bridgehead atoms. The van der Waals surface area contributed by atoms with Crippen molar-refractivity contribution in [2.45, 2.75) is 25.1 Å². The lowest BCUT2D eigenvalue weighted by molar-refractivity contribution is -0.229. The molecule has 7 nitrogen and oxygen atoms in total. The summed E-state index contributed by atoms with van der Waals surface area (Å²) >= 11 is 0. The normalized spacial score (nSPS) is 19.7. The predicted molar refractivity (Wildman–Crippen MR) is 74.8 cm³/mol. The van der Waals surface area contributed by atoms with Crippen molar-refractivity contribution >= 4 is 12.1 Å². The summed E-state index contributed by atoms with van der Waals surface area (Å²) in [5.74, 6) is -2.24. The summed E-state index contributed by atoms with van der Waals surface area (Å²) < 4.78 is 50.1. The second-order valence-corrected chi connectivity index (χ2v) is 5.51. The van der Waals surface area contributed by atoms with Gasteiger partial charge in [0, 0.05) is 32.5 Å². The molecule has 2 heterocycles. The quantitative estimate of drug-likeness (QED) is 0.781. The van der Waals surface area contributed by atoms with Crippen molar-refractivity contribution < 1.29 is 32.2 Å². The fraction of sp³-hybridized carbons (Fsp3) is 0.643. The molecular formula is C14H18F3N3O4. The van der Waals surface area contributed by atoms with Crippen molar-refractivity contribution in [2.75, 3.05) is 20.2 Å². The molecule has 2 rings (SSSR count). The smallest absolute Gasteiger partial charge is 0.432 e. The zero-order valence-corrected chi connectivity index (χ0v) is 13.2. The lowest BCUT2D eigenvalue weighted by Crippen LogP contribution is -2.43. The first kappa shape index (κ1) is 18.1. The molecular weight excluding hydrogens is 331 g/mol. The van der Waals surface area contributed by atoms with Gasteiger partial charge in [0.15, 0.2) is 5.82 Å². The number of aryl methyl sites for hydroxylation is 1. The molecule has 1 fully saturated rings. The standard InChI is InChI=1S/C14H18F3N3O4/c1-19-7-5-18-11(19)10(14(15,16)17)24-12(21)9-4-3-6-20(8-9)13(22)23-2/h5,7,9-10H,3-4,6,8H2,1-2H3/t9-,10-/m1/s1. The van der Waals surface area contributed by atoms with E-state index in [1.807, 2.05) is 0 Å². The predicted octanol–water partition coefficient (Wildman–Crippen LogP) is 2.05. The molecule has 0 aliphatic carbocycles. The largest absolute Gasteiger partial charge is 0.453 e. The Labute approximate surface area is 136 Å². The minimum atomic E-state index is -4.79.